The Morgan fingerprint density at radius 2 is 2.26 bits per heavy atom. The fourth-order valence-corrected chi connectivity index (χ4v) is 4.99. The summed E-state index contributed by atoms with van der Waals surface area (Å²) in [5.41, 5.74) is 0.157. The summed E-state index contributed by atoms with van der Waals surface area (Å²) < 4.78 is 6.70. The van der Waals surface area contributed by atoms with Crippen LogP contribution in [0, 0.1) is 11.3 Å². The number of fused-ring (bicyclic) bond motifs is 1. The predicted molar refractivity (Wildman–Crippen MR) is 108 cm³/mol. The second-order valence-electron chi connectivity index (χ2n) is 6.80. The molecule has 3 rings (SSSR count). The minimum Gasteiger partial charge on any atom is -0.377 e. The maximum absolute atomic E-state index is 6.01. The zero-order valence-electron chi connectivity index (χ0n) is 14.0. The van der Waals surface area contributed by atoms with Crippen LogP contribution in [0.1, 0.15) is 25.1 Å². The highest BCUT2D eigenvalue weighted by atomic mass is 127. The van der Waals surface area contributed by atoms with E-state index in [-0.39, 0.29) is 29.4 Å². The van der Waals surface area contributed by atoms with Gasteiger partial charge in [-0.1, -0.05) is 25.4 Å². The Morgan fingerprint density at radius 3 is 2.87 bits per heavy atom. The van der Waals surface area contributed by atoms with Gasteiger partial charge in [0.1, 0.15) is 0 Å². The Balaban J connectivity index is 0.00000192. The summed E-state index contributed by atoms with van der Waals surface area (Å²) in [4.78, 5) is 7.85. The summed E-state index contributed by atoms with van der Waals surface area (Å²) in [6, 6.07) is 4.44. The second kappa shape index (κ2) is 7.45. The fourth-order valence-electron chi connectivity index (χ4n) is 3.85. The van der Waals surface area contributed by atoms with Crippen LogP contribution in [0.15, 0.2) is 17.1 Å². The van der Waals surface area contributed by atoms with Gasteiger partial charge in [0.25, 0.3) is 0 Å². The Bertz CT molecular complexity index is 577. The van der Waals surface area contributed by atoms with E-state index in [9.17, 15) is 0 Å². The van der Waals surface area contributed by atoms with Crippen LogP contribution in [0.5, 0.6) is 0 Å². The molecule has 2 fully saturated rings. The van der Waals surface area contributed by atoms with Crippen molar-refractivity contribution in [2.24, 2.45) is 16.3 Å². The lowest BCUT2D eigenvalue weighted by molar-refractivity contribution is -0.107. The average Bonchev–Trinajstić information content (AvgIpc) is 3.07. The van der Waals surface area contributed by atoms with Gasteiger partial charge in [0, 0.05) is 43.0 Å². The first-order chi connectivity index (χ1) is 10.4. The van der Waals surface area contributed by atoms with Crippen LogP contribution in [0.2, 0.25) is 4.34 Å². The number of rotatable bonds is 3. The predicted octanol–water partition coefficient (Wildman–Crippen LogP) is 3.84. The lowest BCUT2D eigenvalue weighted by Crippen LogP contribution is -2.67. The highest BCUT2D eigenvalue weighted by Crippen LogP contribution is 2.52. The molecule has 0 radical (unpaired) electrons. The van der Waals surface area contributed by atoms with Gasteiger partial charge in [0.05, 0.1) is 17.0 Å². The summed E-state index contributed by atoms with van der Waals surface area (Å²) in [5, 5.41) is 3.66. The van der Waals surface area contributed by atoms with Gasteiger partial charge in [-0.25, -0.2) is 0 Å². The van der Waals surface area contributed by atoms with Gasteiger partial charge < -0.3 is 15.0 Å². The molecular weight excluding hydrogens is 445 g/mol. The van der Waals surface area contributed by atoms with E-state index in [0.717, 1.165) is 29.9 Å². The van der Waals surface area contributed by atoms with E-state index >= 15 is 0 Å². The van der Waals surface area contributed by atoms with Gasteiger partial charge in [-0.15, -0.1) is 35.3 Å². The van der Waals surface area contributed by atoms with Crippen LogP contribution in [0.25, 0.3) is 0 Å². The third-order valence-corrected chi connectivity index (χ3v) is 6.20. The Morgan fingerprint density at radius 1 is 1.52 bits per heavy atom. The summed E-state index contributed by atoms with van der Waals surface area (Å²) in [5.74, 6) is 1.55. The number of ether oxygens (including phenoxy) is 1. The van der Waals surface area contributed by atoms with Crippen molar-refractivity contribution in [1.29, 1.82) is 0 Å². The zero-order valence-corrected chi connectivity index (χ0v) is 17.9. The fraction of sp³-hybridized carbons (Fsp3) is 0.688. The monoisotopic (exact) mass is 469 g/mol. The van der Waals surface area contributed by atoms with Gasteiger partial charge in [-0.05, 0) is 18.6 Å². The van der Waals surface area contributed by atoms with E-state index in [0.29, 0.717) is 18.1 Å². The van der Waals surface area contributed by atoms with Crippen LogP contribution in [-0.2, 0) is 11.3 Å². The third kappa shape index (κ3) is 3.65. The van der Waals surface area contributed by atoms with Crippen molar-refractivity contribution in [3.63, 3.8) is 0 Å². The third-order valence-electron chi connectivity index (χ3n) is 4.98. The van der Waals surface area contributed by atoms with Crippen LogP contribution in [0.4, 0.5) is 0 Å². The van der Waals surface area contributed by atoms with Gasteiger partial charge in [0.2, 0.25) is 0 Å². The number of nitrogens with zero attached hydrogens (tertiary/aromatic N) is 2. The van der Waals surface area contributed by atoms with Crippen molar-refractivity contribution in [1.82, 2.24) is 10.2 Å². The first-order valence-electron chi connectivity index (χ1n) is 7.73. The SMILES string of the molecule is CN=C(NC1C2CCOC2C1(C)C)N(C)Cc1ccc(Cl)s1.I. The molecule has 1 aliphatic heterocycles. The summed E-state index contributed by atoms with van der Waals surface area (Å²) in [6.45, 7) is 6.26. The minimum atomic E-state index is 0. The molecule has 0 aromatic carbocycles. The quantitative estimate of drug-likeness (QED) is 0.415. The average molecular weight is 470 g/mol. The molecule has 0 spiro atoms. The normalized spacial score (nSPS) is 28.6. The molecule has 23 heavy (non-hydrogen) atoms. The Labute approximate surface area is 164 Å². The maximum atomic E-state index is 6.01. The van der Waals surface area contributed by atoms with E-state index in [2.05, 4.69) is 42.2 Å². The number of aliphatic imine (C=N–C) groups is 1. The molecule has 130 valence electrons. The molecule has 2 aliphatic rings. The highest BCUT2D eigenvalue weighted by Gasteiger charge is 2.59. The van der Waals surface area contributed by atoms with E-state index in [1.165, 1.54) is 4.88 Å². The van der Waals surface area contributed by atoms with Crippen molar-refractivity contribution in [2.45, 2.75) is 39.0 Å². The van der Waals surface area contributed by atoms with Gasteiger partial charge in [0.15, 0.2) is 5.96 Å². The van der Waals surface area contributed by atoms with E-state index < -0.39 is 0 Å². The summed E-state index contributed by atoms with van der Waals surface area (Å²) >= 11 is 7.63. The highest BCUT2D eigenvalue weighted by molar-refractivity contribution is 14.0. The smallest absolute Gasteiger partial charge is 0.193 e. The molecule has 7 heteroatoms. The molecule has 3 unspecified atom stereocenters. The molecular formula is C16H25ClIN3OS. The molecule has 1 saturated carbocycles. The van der Waals surface area contributed by atoms with Crippen LogP contribution < -0.4 is 5.32 Å². The van der Waals surface area contributed by atoms with Gasteiger partial charge in [-0.3, -0.25) is 4.99 Å². The largest absolute Gasteiger partial charge is 0.377 e. The standard InChI is InChI=1S/C16H24ClN3OS.HI/c1-16(2)13(11-7-8-21-14(11)16)19-15(18-3)20(4)9-10-5-6-12(17)22-10;/h5-6,11,13-14H,7-9H2,1-4H3,(H,18,19);1H. The number of halogens is 2. The molecule has 1 N–H and O–H groups in total. The molecule has 1 aliphatic carbocycles. The molecule has 1 saturated heterocycles. The lowest BCUT2D eigenvalue weighted by Gasteiger charge is -2.55. The van der Waals surface area contributed by atoms with Crippen molar-refractivity contribution < 1.29 is 4.74 Å². The number of nitrogens with one attached hydrogen (secondary N) is 1. The van der Waals surface area contributed by atoms with Crippen molar-refractivity contribution in [3.05, 3.63) is 21.3 Å². The van der Waals surface area contributed by atoms with Crippen LogP contribution >= 0.6 is 46.9 Å². The van der Waals surface area contributed by atoms with Crippen molar-refractivity contribution in [3.8, 4) is 0 Å². The number of hydrogen-bond donors (Lipinski definition) is 1. The second-order valence-corrected chi connectivity index (χ2v) is 8.60. The van der Waals surface area contributed by atoms with Gasteiger partial charge in [-0.2, -0.15) is 0 Å². The molecule has 0 bridgehead atoms. The maximum Gasteiger partial charge on any atom is 0.193 e. The molecule has 0 amide bonds. The first-order valence-corrected chi connectivity index (χ1v) is 8.93. The Kier molecular flexibility index (Phi) is 6.25. The minimum absolute atomic E-state index is 0. The van der Waals surface area contributed by atoms with Crippen LogP contribution in [-0.4, -0.2) is 43.7 Å². The Hall–Kier alpha value is -0.0500. The number of thiophene rings is 1. The molecule has 1 aromatic rings. The molecule has 1 aromatic heterocycles. The van der Waals surface area contributed by atoms with Gasteiger partial charge >= 0.3 is 0 Å². The molecule has 2 heterocycles. The number of hydrogen-bond acceptors (Lipinski definition) is 3. The molecule has 4 nitrogen and oxygen atoms in total. The van der Waals surface area contributed by atoms with E-state index in [1.807, 2.05) is 13.1 Å². The van der Waals surface area contributed by atoms with Crippen molar-refractivity contribution in [2.75, 3.05) is 20.7 Å². The summed E-state index contributed by atoms with van der Waals surface area (Å²) in [6.07, 6.45) is 1.54. The summed E-state index contributed by atoms with van der Waals surface area (Å²) in [7, 11) is 3.91. The van der Waals surface area contributed by atoms with E-state index in [1.54, 1.807) is 11.3 Å². The lowest BCUT2D eigenvalue weighted by atomic mass is 9.57. The zero-order chi connectivity index (χ0) is 15.9. The first kappa shape index (κ1) is 19.3. The van der Waals surface area contributed by atoms with E-state index in [4.69, 9.17) is 16.3 Å². The molecule has 3 atom stereocenters. The van der Waals surface area contributed by atoms with Crippen molar-refractivity contribution >= 4 is 52.9 Å². The number of guanidine groups is 1. The topological polar surface area (TPSA) is 36.9 Å². The van der Waals surface area contributed by atoms with Crippen LogP contribution in [0.3, 0.4) is 0 Å².